The van der Waals surface area contributed by atoms with Gasteiger partial charge >= 0.3 is 5.97 Å². The molecule has 0 spiro atoms. The van der Waals surface area contributed by atoms with Crippen LogP contribution in [0.4, 0.5) is 5.69 Å². The lowest BCUT2D eigenvalue weighted by Gasteiger charge is -2.32. The highest BCUT2D eigenvalue weighted by Crippen LogP contribution is 2.39. The number of benzene rings is 3. The smallest absolute Gasteiger partial charge is 0.338 e. The van der Waals surface area contributed by atoms with Crippen molar-refractivity contribution >= 4 is 17.2 Å². The van der Waals surface area contributed by atoms with E-state index in [-0.39, 0.29) is 11.8 Å². The van der Waals surface area contributed by atoms with Crippen LogP contribution in [0.1, 0.15) is 34.3 Å². The molecule has 0 aromatic heterocycles. The molecule has 3 aromatic carbocycles. The van der Waals surface area contributed by atoms with Crippen LogP contribution in [0.2, 0.25) is 0 Å². The van der Waals surface area contributed by atoms with E-state index >= 15 is 0 Å². The molecule has 0 bridgehead atoms. The Balaban J connectivity index is 1.62. The highest BCUT2D eigenvalue weighted by molar-refractivity contribution is 5.90. The monoisotopic (exact) mass is 385 g/mol. The minimum Gasteiger partial charge on any atom is -0.454 e. The Bertz CT molecular complexity index is 1020. The maximum atomic E-state index is 12.6. The number of hydrogen-bond donors (Lipinski definition) is 0. The fourth-order valence-corrected chi connectivity index (χ4v) is 3.49. The maximum absolute atomic E-state index is 12.6. The van der Waals surface area contributed by atoms with E-state index in [1.807, 2.05) is 36.4 Å². The van der Waals surface area contributed by atoms with E-state index in [1.54, 1.807) is 0 Å². The van der Waals surface area contributed by atoms with Gasteiger partial charge in [-0.25, -0.2) is 4.79 Å². The third-order valence-electron chi connectivity index (χ3n) is 5.07. The van der Waals surface area contributed by atoms with Gasteiger partial charge in [-0.2, -0.15) is 0 Å². The summed E-state index contributed by atoms with van der Waals surface area (Å²) in [5.74, 6) is -0.470. The van der Waals surface area contributed by atoms with Gasteiger partial charge in [-0.15, -0.1) is 0 Å². The molecule has 0 saturated heterocycles. The Morgan fingerprint density at radius 3 is 1.83 bits per heavy atom. The minimum absolute atomic E-state index is 0.0544. The summed E-state index contributed by atoms with van der Waals surface area (Å²) < 4.78 is 5.74. The molecule has 1 aliphatic rings. The van der Waals surface area contributed by atoms with Gasteiger partial charge in [-0.1, -0.05) is 60.7 Å². The summed E-state index contributed by atoms with van der Waals surface area (Å²) in [6.45, 7) is 0. The lowest BCUT2D eigenvalue weighted by atomic mass is 9.80. The normalized spacial score (nSPS) is 15.3. The van der Waals surface area contributed by atoms with Crippen molar-refractivity contribution in [2.75, 3.05) is 0 Å². The molecule has 1 fully saturated rings. The number of nitro groups is 1. The second-order valence-electron chi connectivity index (χ2n) is 6.87. The number of carbonyl (C=O) groups is 1. The van der Waals surface area contributed by atoms with Crippen molar-refractivity contribution in [3.05, 3.63) is 117 Å². The lowest BCUT2D eigenvalue weighted by molar-refractivity contribution is -0.384. The zero-order valence-corrected chi connectivity index (χ0v) is 15.7. The topological polar surface area (TPSA) is 69.4 Å². The molecule has 1 unspecified atom stereocenters. The SMILES string of the molecule is O=C(OC1CCC1=C(c1ccccc1)c1ccccc1)c1ccc([N+](=O)[O-])cc1. The first-order chi connectivity index (χ1) is 14.1. The van der Waals surface area contributed by atoms with Crippen LogP contribution < -0.4 is 0 Å². The predicted octanol–water partition coefficient (Wildman–Crippen LogP) is 5.42. The quantitative estimate of drug-likeness (QED) is 0.334. The predicted molar refractivity (Wildman–Crippen MR) is 110 cm³/mol. The number of nitro benzene ring substituents is 1. The van der Waals surface area contributed by atoms with Gasteiger partial charge in [0.15, 0.2) is 0 Å². The van der Waals surface area contributed by atoms with Crippen molar-refractivity contribution in [1.29, 1.82) is 0 Å². The van der Waals surface area contributed by atoms with Crippen molar-refractivity contribution in [1.82, 2.24) is 0 Å². The minimum atomic E-state index is -0.492. The Hall–Kier alpha value is -3.73. The van der Waals surface area contributed by atoms with Crippen LogP contribution in [-0.2, 0) is 4.74 Å². The third-order valence-corrected chi connectivity index (χ3v) is 5.07. The molecule has 1 aliphatic carbocycles. The van der Waals surface area contributed by atoms with Crippen LogP contribution in [0, 0.1) is 10.1 Å². The Morgan fingerprint density at radius 2 is 1.38 bits per heavy atom. The fraction of sp³-hybridized carbons (Fsp3) is 0.125. The molecule has 0 amide bonds. The highest BCUT2D eigenvalue weighted by Gasteiger charge is 2.32. The lowest BCUT2D eigenvalue weighted by Crippen LogP contribution is -2.29. The summed E-state index contributed by atoms with van der Waals surface area (Å²) >= 11 is 0. The van der Waals surface area contributed by atoms with Gasteiger partial charge in [-0.3, -0.25) is 10.1 Å². The van der Waals surface area contributed by atoms with Crippen molar-refractivity contribution in [3.8, 4) is 0 Å². The average Bonchev–Trinajstić information content (AvgIpc) is 2.76. The molecular formula is C24H19NO4. The molecule has 29 heavy (non-hydrogen) atoms. The molecule has 3 aromatic rings. The summed E-state index contributed by atoms with van der Waals surface area (Å²) in [5.41, 5.74) is 4.62. The zero-order valence-electron chi connectivity index (χ0n) is 15.7. The van der Waals surface area contributed by atoms with Crippen LogP contribution in [0.3, 0.4) is 0 Å². The van der Waals surface area contributed by atoms with Crippen LogP contribution in [0.15, 0.2) is 90.5 Å². The Kier molecular flexibility index (Phi) is 5.20. The Labute approximate surface area is 168 Å². The van der Waals surface area contributed by atoms with Crippen molar-refractivity contribution in [2.45, 2.75) is 18.9 Å². The maximum Gasteiger partial charge on any atom is 0.338 e. The molecule has 0 radical (unpaired) electrons. The van der Waals surface area contributed by atoms with Crippen LogP contribution in [-0.4, -0.2) is 17.0 Å². The number of ether oxygens (including phenoxy) is 1. The van der Waals surface area contributed by atoms with E-state index in [0.29, 0.717) is 5.56 Å². The summed E-state index contributed by atoms with van der Waals surface area (Å²) in [4.78, 5) is 22.8. The number of hydrogen-bond acceptors (Lipinski definition) is 4. The van der Waals surface area contributed by atoms with E-state index < -0.39 is 10.9 Å². The summed E-state index contributed by atoms with van der Waals surface area (Å²) in [7, 11) is 0. The zero-order chi connectivity index (χ0) is 20.2. The average molecular weight is 385 g/mol. The first-order valence-electron chi connectivity index (χ1n) is 9.43. The third kappa shape index (κ3) is 3.94. The van der Waals surface area contributed by atoms with Gasteiger partial charge in [0.25, 0.3) is 5.69 Å². The number of rotatable bonds is 5. The molecule has 4 rings (SSSR count). The van der Waals surface area contributed by atoms with Gasteiger partial charge in [-0.05, 0) is 47.2 Å². The van der Waals surface area contributed by atoms with E-state index in [4.69, 9.17) is 4.74 Å². The molecule has 0 aliphatic heterocycles. The first kappa shape index (κ1) is 18.6. The van der Waals surface area contributed by atoms with E-state index in [1.165, 1.54) is 24.3 Å². The van der Waals surface area contributed by atoms with E-state index in [2.05, 4.69) is 24.3 Å². The van der Waals surface area contributed by atoms with E-state index in [0.717, 1.165) is 35.1 Å². The van der Waals surface area contributed by atoms with Gasteiger partial charge < -0.3 is 4.74 Å². The second kappa shape index (κ2) is 8.10. The number of esters is 1. The van der Waals surface area contributed by atoms with E-state index in [9.17, 15) is 14.9 Å². The van der Waals surface area contributed by atoms with Crippen LogP contribution >= 0.6 is 0 Å². The number of carbonyl (C=O) groups excluding carboxylic acids is 1. The summed E-state index contributed by atoms with van der Waals surface area (Å²) in [6.07, 6.45) is 1.32. The molecule has 1 atom stereocenters. The van der Waals surface area contributed by atoms with Gasteiger partial charge in [0.05, 0.1) is 10.5 Å². The van der Waals surface area contributed by atoms with Gasteiger partial charge in [0.2, 0.25) is 0 Å². The fourth-order valence-electron chi connectivity index (χ4n) is 3.49. The standard InChI is InChI=1S/C24H19NO4/c26-24(19-11-13-20(14-12-19)25(27)28)29-22-16-15-21(22)23(17-7-3-1-4-8-17)18-9-5-2-6-10-18/h1-14,22H,15-16H2. The molecule has 144 valence electrons. The van der Waals surface area contributed by atoms with Crippen molar-refractivity contribution in [2.24, 2.45) is 0 Å². The van der Waals surface area contributed by atoms with Gasteiger partial charge in [0, 0.05) is 12.1 Å². The molecule has 1 saturated carbocycles. The van der Waals surface area contributed by atoms with Crippen LogP contribution in [0.5, 0.6) is 0 Å². The highest BCUT2D eigenvalue weighted by atomic mass is 16.6. The molecule has 0 heterocycles. The van der Waals surface area contributed by atoms with Crippen molar-refractivity contribution in [3.63, 3.8) is 0 Å². The van der Waals surface area contributed by atoms with Crippen LogP contribution in [0.25, 0.3) is 5.57 Å². The molecule has 5 nitrogen and oxygen atoms in total. The second-order valence-corrected chi connectivity index (χ2v) is 6.87. The largest absolute Gasteiger partial charge is 0.454 e. The van der Waals surface area contributed by atoms with Gasteiger partial charge in [0.1, 0.15) is 6.10 Å². The summed E-state index contributed by atoms with van der Waals surface area (Å²) in [6, 6.07) is 25.6. The number of non-ortho nitro benzene ring substituents is 1. The molecule has 0 N–H and O–H groups in total. The number of nitrogens with zero attached hydrogens (tertiary/aromatic N) is 1. The Morgan fingerprint density at radius 1 is 0.828 bits per heavy atom. The molecule has 5 heteroatoms. The first-order valence-corrected chi connectivity index (χ1v) is 9.43. The van der Waals surface area contributed by atoms with Crippen molar-refractivity contribution < 1.29 is 14.5 Å². The molecular weight excluding hydrogens is 366 g/mol. The summed E-state index contributed by atoms with van der Waals surface area (Å²) in [5, 5.41) is 10.8.